The highest BCUT2D eigenvalue weighted by Crippen LogP contribution is 2.23. The summed E-state index contributed by atoms with van der Waals surface area (Å²) in [6.07, 6.45) is -0.441. The first-order valence-corrected chi connectivity index (χ1v) is 12.9. The van der Waals surface area contributed by atoms with Crippen LogP contribution in [0.1, 0.15) is 38.1 Å². The third kappa shape index (κ3) is 6.84. The lowest BCUT2D eigenvalue weighted by molar-refractivity contribution is -0.121. The first-order chi connectivity index (χ1) is 17.7. The summed E-state index contributed by atoms with van der Waals surface area (Å²) in [5.41, 5.74) is 1.80. The third-order valence-electron chi connectivity index (χ3n) is 6.57. The Morgan fingerprint density at radius 3 is 2.43 bits per heavy atom. The largest absolute Gasteiger partial charge is 0.355 e. The highest BCUT2D eigenvalue weighted by molar-refractivity contribution is 6.30. The second-order valence-corrected chi connectivity index (χ2v) is 10.2. The summed E-state index contributed by atoms with van der Waals surface area (Å²) in [4.78, 5) is 28.1. The number of carbonyl (C=O) groups is 1. The van der Waals surface area contributed by atoms with Crippen molar-refractivity contribution in [3.8, 4) is 11.4 Å². The topological polar surface area (TPSA) is 72.2 Å². The minimum atomic E-state index is -2.23. The second kappa shape index (κ2) is 12.0. The highest BCUT2D eigenvalue weighted by atomic mass is 35.5. The maximum atomic E-state index is 13.4. The number of nitrogens with zero attached hydrogens (tertiary/aromatic N) is 4. The number of hydrogen-bond donors (Lipinski definition) is 1. The zero-order valence-electron chi connectivity index (χ0n) is 21.0. The first kappa shape index (κ1) is 27.0. The van der Waals surface area contributed by atoms with E-state index in [1.54, 1.807) is 24.3 Å². The minimum absolute atomic E-state index is 0.0378. The molecule has 3 aromatic rings. The van der Waals surface area contributed by atoms with Crippen LogP contribution in [0, 0.1) is 5.92 Å². The van der Waals surface area contributed by atoms with Crippen LogP contribution in [0.2, 0.25) is 5.02 Å². The van der Waals surface area contributed by atoms with E-state index in [-0.39, 0.29) is 18.4 Å². The Hall–Kier alpha value is -3.04. The first-order valence-electron chi connectivity index (χ1n) is 12.6. The number of alkyl halides is 2. The van der Waals surface area contributed by atoms with Gasteiger partial charge in [0.05, 0.1) is 17.8 Å². The van der Waals surface area contributed by atoms with Gasteiger partial charge in [-0.1, -0.05) is 29.8 Å². The number of likely N-dealkylation sites (tertiary alicyclic amines) is 1. The number of aromatic nitrogens is 3. The summed E-state index contributed by atoms with van der Waals surface area (Å²) in [5.74, 6) is -0.410. The van der Waals surface area contributed by atoms with Crippen LogP contribution in [-0.4, -0.2) is 57.3 Å². The van der Waals surface area contributed by atoms with Crippen LogP contribution in [0.4, 0.5) is 8.78 Å². The molecule has 1 aromatic heterocycles. The van der Waals surface area contributed by atoms with Crippen molar-refractivity contribution in [2.75, 3.05) is 19.6 Å². The average Bonchev–Trinajstić information content (AvgIpc) is 3.18. The molecule has 1 amide bonds. The quantitative estimate of drug-likeness (QED) is 0.448. The lowest BCUT2D eigenvalue weighted by Crippen LogP contribution is -2.37. The molecule has 2 aromatic carbocycles. The fourth-order valence-corrected chi connectivity index (χ4v) is 4.79. The van der Waals surface area contributed by atoms with E-state index < -0.39 is 18.0 Å². The Bertz CT molecular complexity index is 1260. The molecule has 37 heavy (non-hydrogen) atoms. The Labute approximate surface area is 220 Å². The van der Waals surface area contributed by atoms with Gasteiger partial charge in [-0.05, 0) is 82.1 Å². The number of halogens is 3. The van der Waals surface area contributed by atoms with Crippen LogP contribution in [0.25, 0.3) is 11.4 Å². The van der Waals surface area contributed by atoms with Gasteiger partial charge >= 0.3 is 5.69 Å². The molecule has 4 rings (SSSR count). The van der Waals surface area contributed by atoms with Crippen LogP contribution in [0.5, 0.6) is 0 Å². The number of nitrogens with one attached hydrogen (secondary N) is 1. The van der Waals surface area contributed by atoms with Crippen molar-refractivity contribution < 1.29 is 13.6 Å². The van der Waals surface area contributed by atoms with Gasteiger partial charge in [0.2, 0.25) is 12.3 Å². The normalized spacial score (nSPS) is 15.0. The molecule has 0 saturated carbocycles. The van der Waals surface area contributed by atoms with Crippen molar-refractivity contribution in [3.05, 3.63) is 75.4 Å². The van der Waals surface area contributed by atoms with Gasteiger partial charge in [-0.3, -0.25) is 4.79 Å². The van der Waals surface area contributed by atoms with Crippen molar-refractivity contribution in [2.45, 2.75) is 52.0 Å². The van der Waals surface area contributed by atoms with Crippen molar-refractivity contribution in [3.63, 3.8) is 0 Å². The summed E-state index contributed by atoms with van der Waals surface area (Å²) in [5, 5.41) is 7.80. The number of piperidine rings is 1. The van der Waals surface area contributed by atoms with Crippen molar-refractivity contribution in [2.24, 2.45) is 5.92 Å². The predicted octanol–water partition coefficient (Wildman–Crippen LogP) is 4.26. The van der Waals surface area contributed by atoms with Crippen LogP contribution in [0.15, 0.2) is 53.3 Å². The minimum Gasteiger partial charge on any atom is -0.354 e. The number of hydrogen-bond acceptors (Lipinski definition) is 4. The SMILES string of the molecule is CC(C)NC(=O)Cc1nn(-c2ccc(CCN3CCC(C(F)F)CC3)cc2)c(=O)n1-c1cccc(Cl)c1. The molecular formula is C27H32ClF2N5O2. The molecule has 1 aliphatic heterocycles. The van der Waals surface area contributed by atoms with E-state index in [0.717, 1.165) is 18.5 Å². The average molecular weight is 532 g/mol. The van der Waals surface area contributed by atoms with Crippen LogP contribution < -0.4 is 11.0 Å². The van der Waals surface area contributed by atoms with Gasteiger partial charge in [-0.25, -0.2) is 18.1 Å². The fourth-order valence-electron chi connectivity index (χ4n) is 4.60. The molecule has 0 atom stereocenters. The van der Waals surface area contributed by atoms with E-state index in [9.17, 15) is 18.4 Å². The predicted molar refractivity (Wildman–Crippen MR) is 140 cm³/mol. The molecule has 198 valence electrons. The molecule has 1 aliphatic rings. The summed E-state index contributed by atoms with van der Waals surface area (Å²) in [7, 11) is 0. The molecule has 0 bridgehead atoms. The molecule has 1 fully saturated rings. The molecule has 1 N–H and O–H groups in total. The summed E-state index contributed by atoms with van der Waals surface area (Å²) >= 11 is 6.16. The Kier molecular flexibility index (Phi) is 8.76. The van der Waals surface area contributed by atoms with Gasteiger partial charge in [0.15, 0.2) is 0 Å². The van der Waals surface area contributed by atoms with Crippen LogP contribution in [-0.2, 0) is 17.6 Å². The molecular weight excluding hydrogens is 500 g/mol. The van der Waals surface area contributed by atoms with Gasteiger partial charge < -0.3 is 10.2 Å². The van der Waals surface area contributed by atoms with Crippen molar-refractivity contribution in [1.29, 1.82) is 0 Å². The van der Waals surface area contributed by atoms with E-state index in [2.05, 4.69) is 15.3 Å². The third-order valence-corrected chi connectivity index (χ3v) is 6.80. The second-order valence-electron chi connectivity index (χ2n) is 9.75. The molecule has 10 heteroatoms. The van der Waals surface area contributed by atoms with Gasteiger partial charge in [0.1, 0.15) is 5.82 Å². The number of benzene rings is 2. The number of rotatable bonds is 9. The summed E-state index contributed by atoms with van der Waals surface area (Å²) < 4.78 is 28.5. The maximum absolute atomic E-state index is 13.4. The van der Waals surface area contributed by atoms with Crippen LogP contribution >= 0.6 is 11.6 Å². The molecule has 0 unspecified atom stereocenters. The van der Waals surface area contributed by atoms with E-state index in [1.165, 1.54) is 9.25 Å². The van der Waals surface area contributed by atoms with Gasteiger partial charge in [-0.15, -0.1) is 5.10 Å². The van der Waals surface area contributed by atoms with E-state index in [1.807, 2.05) is 38.1 Å². The lowest BCUT2D eigenvalue weighted by Gasteiger charge is -2.31. The zero-order valence-corrected chi connectivity index (χ0v) is 21.8. The summed E-state index contributed by atoms with van der Waals surface area (Å²) in [6, 6.07) is 14.4. The van der Waals surface area contributed by atoms with Gasteiger partial charge in [0, 0.05) is 23.5 Å². The Morgan fingerprint density at radius 1 is 1.11 bits per heavy atom. The monoisotopic (exact) mass is 531 g/mol. The molecule has 0 radical (unpaired) electrons. The van der Waals surface area contributed by atoms with Crippen LogP contribution in [0.3, 0.4) is 0 Å². The van der Waals surface area contributed by atoms with Gasteiger partial charge in [0.25, 0.3) is 0 Å². The zero-order chi connectivity index (χ0) is 26.5. The Balaban J connectivity index is 1.52. The number of amides is 1. The number of carbonyl (C=O) groups excluding carboxylic acids is 1. The molecule has 7 nitrogen and oxygen atoms in total. The lowest BCUT2D eigenvalue weighted by atomic mass is 9.97. The molecule has 2 heterocycles. The molecule has 0 spiro atoms. The van der Waals surface area contributed by atoms with Crippen molar-refractivity contribution >= 4 is 17.5 Å². The fraction of sp³-hybridized carbons (Fsp3) is 0.444. The van der Waals surface area contributed by atoms with Gasteiger partial charge in [-0.2, -0.15) is 4.68 Å². The summed E-state index contributed by atoms with van der Waals surface area (Å²) in [6.45, 7) is 5.92. The van der Waals surface area contributed by atoms with E-state index >= 15 is 0 Å². The van der Waals surface area contributed by atoms with Crippen molar-refractivity contribution in [1.82, 2.24) is 24.6 Å². The maximum Gasteiger partial charge on any atom is 0.355 e. The highest BCUT2D eigenvalue weighted by Gasteiger charge is 2.26. The van der Waals surface area contributed by atoms with E-state index in [0.29, 0.717) is 48.2 Å². The van der Waals surface area contributed by atoms with E-state index in [4.69, 9.17) is 11.6 Å². The molecule has 1 saturated heterocycles. The standard InChI is InChI=1S/C27H32ClF2N5O2/c1-18(2)31-25(36)17-24-32-35(27(37)34(24)23-5-3-4-21(28)16-23)22-8-6-19(7-9-22)10-13-33-14-11-20(12-15-33)26(29)30/h3-9,16,18,20,26H,10-15,17H2,1-2H3,(H,31,36). The molecule has 0 aliphatic carbocycles. The Morgan fingerprint density at radius 2 is 1.81 bits per heavy atom. The smallest absolute Gasteiger partial charge is 0.354 e.